The van der Waals surface area contributed by atoms with Crippen LogP contribution in [0.3, 0.4) is 0 Å². The van der Waals surface area contributed by atoms with Gasteiger partial charge in [0.1, 0.15) is 0 Å². The molecule has 28 heavy (non-hydrogen) atoms. The van der Waals surface area contributed by atoms with Crippen molar-refractivity contribution >= 4 is 7.52 Å². The summed E-state index contributed by atoms with van der Waals surface area (Å²) in [4.78, 5) is 2.21. The first kappa shape index (κ1) is 24.2. The lowest BCUT2D eigenvalue weighted by Crippen LogP contribution is -2.46. The van der Waals surface area contributed by atoms with Gasteiger partial charge < -0.3 is 33.1 Å². The van der Waals surface area contributed by atoms with E-state index in [1.165, 1.54) is 0 Å². The topological polar surface area (TPSA) is 78.9 Å². The van der Waals surface area contributed by atoms with Crippen molar-refractivity contribution in [1.82, 2.24) is 9.57 Å². The Morgan fingerprint density at radius 2 is 1.39 bits per heavy atom. The predicted octanol–water partition coefficient (Wildman–Crippen LogP) is 0.927. The zero-order valence-electron chi connectivity index (χ0n) is 17.5. The Labute approximate surface area is 169 Å². The molecule has 0 bridgehead atoms. The maximum atomic E-state index is 13.2. The molecule has 10 heteroatoms. The van der Waals surface area contributed by atoms with Crippen molar-refractivity contribution in [2.45, 2.75) is 19.1 Å². The fourth-order valence-electron chi connectivity index (χ4n) is 3.25. The third kappa shape index (κ3) is 9.61. The molecule has 2 heterocycles. The zero-order valence-corrected chi connectivity index (χ0v) is 18.4. The molecule has 2 aliphatic rings. The van der Waals surface area contributed by atoms with Gasteiger partial charge in [0.25, 0.3) is 7.52 Å². The standard InChI is InChI=1S/C18H37N2O7P/c1-17-14-19(2)15-18(27-17)16-26-28(3,21)20-4-6-22-8-10-24-12-13-25-11-9-23-7-5-20/h17-18H,4-16H2,1-3H3. The Balaban J connectivity index is 1.83. The lowest BCUT2D eigenvalue weighted by atomic mass is 10.2. The van der Waals surface area contributed by atoms with Crippen molar-refractivity contribution in [3.8, 4) is 0 Å². The van der Waals surface area contributed by atoms with Gasteiger partial charge in [0.15, 0.2) is 0 Å². The van der Waals surface area contributed by atoms with E-state index in [-0.39, 0.29) is 12.2 Å². The molecule has 2 saturated heterocycles. The number of nitrogens with zero attached hydrogens (tertiary/aromatic N) is 2. The normalized spacial score (nSPS) is 30.8. The second kappa shape index (κ2) is 13.3. The summed E-state index contributed by atoms with van der Waals surface area (Å²) in [5.41, 5.74) is 0. The van der Waals surface area contributed by atoms with Crippen LogP contribution in [-0.2, 0) is 32.8 Å². The Morgan fingerprint density at radius 3 is 1.89 bits per heavy atom. The number of morpholine rings is 1. The van der Waals surface area contributed by atoms with E-state index in [2.05, 4.69) is 11.9 Å². The van der Waals surface area contributed by atoms with Crippen LogP contribution in [0.5, 0.6) is 0 Å². The molecule has 0 radical (unpaired) electrons. The van der Waals surface area contributed by atoms with Crippen LogP contribution in [0.15, 0.2) is 0 Å². The summed E-state index contributed by atoms with van der Waals surface area (Å²) >= 11 is 0. The second-order valence-electron chi connectivity index (χ2n) is 7.29. The van der Waals surface area contributed by atoms with Crippen LogP contribution in [0.25, 0.3) is 0 Å². The van der Waals surface area contributed by atoms with E-state index in [4.69, 9.17) is 28.2 Å². The SMILES string of the molecule is CC1CN(C)CC(COP(C)(=O)N2CCOCCOCCOCCOCC2)O1. The number of hydrogen-bond donors (Lipinski definition) is 0. The van der Waals surface area contributed by atoms with Crippen LogP contribution in [0.4, 0.5) is 0 Å². The number of likely N-dealkylation sites (N-methyl/N-ethyl adjacent to an activating group) is 1. The third-order valence-corrected chi connectivity index (χ3v) is 6.68. The molecular formula is C18H37N2O7P. The molecule has 0 aromatic rings. The molecule has 2 aliphatic heterocycles. The summed E-state index contributed by atoms with van der Waals surface area (Å²) in [5.74, 6) is 0. The van der Waals surface area contributed by atoms with E-state index in [9.17, 15) is 4.57 Å². The van der Waals surface area contributed by atoms with Gasteiger partial charge in [0.2, 0.25) is 0 Å². The van der Waals surface area contributed by atoms with E-state index in [1.807, 2.05) is 11.6 Å². The van der Waals surface area contributed by atoms with Gasteiger partial charge >= 0.3 is 0 Å². The van der Waals surface area contributed by atoms with Crippen LogP contribution in [-0.4, -0.2) is 121 Å². The highest BCUT2D eigenvalue weighted by Crippen LogP contribution is 2.46. The molecule has 9 nitrogen and oxygen atoms in total. The summed E-state index contributed by atoms with van der Waals surface area (Å²) in [6.45, 7) is 10.7. The molecule has 0 amide bonds. The summed E-state index contributed by atoms with van der Waals surface area (Å²) in [6, 6.07) is 0. The van der Waals surface area contributed by atoms with Crippen molar-refractivity contribution in [2.24, 2.45) is 0 Å². The molecule has 0 spiro atoms. The van der Waals surface area contributed by atoms with Gasteiger partial charge in [-0.3, -0.25) is 4.57 Å². The monoisotopic (exact) mass is 424 g/mol. The van der Waals surface area contributed by atoms with Gasteiger partial charge in [0, 0.05) is 32.8 Å². The Bertz CT molecular complexity index is 445. The van der Waals surface area contributed by atoms with Gasteiger partial charge in [0.05, 0.1) is 71.7 Å². The molecule has 2 rings (SSSR count). The quantitative estimate of drug-likeness (QED) is 0.612. The van der Waals surface area contributed by atoms with E-state index in [1.54, 1.807) is 6.66 Å². The minimum atomic E-state index is -3.00. The molecule has 0 aromatic heterocycles. The van der Waals surface area contributed by atoms with Gasteiger partial charge in [-0.15, -0.1) is 0 Å². The summed E-state index contributed by atoms with van der Waals surface area (Å²) in [6.07, 6.45) is 0.0702. The minimum absolute atomic E-state index is 0.0766. The van der Waals surface area contributed by atoms with Crippen molar-refractivity contribution in [3.05, 3.63) is 0 Å². The van der Waals surface area contributed by atoms with Crippen LogP contribution in [0.2, 0.25) is 0 Å². The highest BCUT2D eigenvalue weighted by molar-refractivity contribution is 7.55. The summed E-state index contributed by atoms with van der Waals surface area (Å²) in [7, 11) is -0.937. The Hall–Kier alpha value is -0.0900. The summed E-state index contributed by atoms with van der Waals surface area (Å²) in [5, 5.41) is 0. The number of ether oxygens (including phenoxy) is 5. The lowest BCUT2D eigenvalue weighted by molar-refractivity contribution is -0.0854. The average Bonchev–Trinajstić information content (AvgIpc) is 2.64. The van der Waals surface area contributed by atoms with Crippen molar-refractivity contribution in [2.75, 3.05) is 99.4 Å². The molecule has 0 aliphatic carbocycles. The van der Waals surface area contributed by atoms with E-state index in [0.717, 1.165) is 13.1 Å². The van der Waals surface area contributed by atoms with Crippen molar-refractivity contribution in [1.29, 1.82) is 0 Å². The van der Waals surface area contributed by atoms with Crippen molar-refractivity contribution in [3.63, 3.8) is 0 Å². The fourth-order valence-corrected chi connectivity index (χ4v) is 4.74. The summed E-state index contributed by atoms with van der Waals surface area (Å²) < 4.78 is 48.9. The molecule has 0 saturated carbocycles. The smallest absolute Gasteiger partial charge is 0.269 e. The van der Waals surface area contributed by atoms with Gasteiger partial charge in [-0.2, -0.15) is 0 Å². The maximum Gasteiger partial charge on any atom is 0.269 e. The average molecular weight is 424 g/mol. The lowest BCUT2D eigenvalue weighted by Gasteiger charge is -2.36. The first-order valence-electron chi connectivity index (χ1n) is 10.1. The fraction of sp³-hybridized carbons (Fsp3) is 1.00. The Morgan fingerprint density at radius 1 is 0.893 bits per heavy atom. The third-order valence-electron chi connectivity index (χ3n) is 4.63. The van der Waals surface area contributed by atoms with Crippen LogP contribution in [0.1, 0.15) is 6.92 Å². The van der Waals surface area contributed by atoms with Crippen molar-refractivity contribution < 1.29 is 32.8 Å². The zero-order chi connectivity index (χ0) is 20.2. The van der Waals surface area contributed by atoms with Crippen LogP contribution >= 0.6 is 7.52 Å². The Kier molecular flexibility index (Phi) is 11.5. The minimum Gasteiger partial charge on any atom is -0.378 e. The van der Waals surface area contributed by atoms with Gasteiger partial charge in [-0.25, -0.2) is 4.67 Å². The molecular weight excluding hydrogens is 387 g/mol. The van der Waals surface area contributed by atoms with E-state index in [0.29, 0.717) is 72.6 Å². The molecule has 0 aromatic carbocycles. The molecule has 2 fully saturated rings. The number of hydrogen-bond acceptors (Lipinski definition) is 8. The first-order chi connectivity index (χ1) is 13.5. The molecule has 3 unspecified atom stereocenters. The first-order valence-corrected chi connectivity index (χ1v) is 12.1. The second-order valence-corrected chi connectivity index (χ2v) is 9.72. The maximum absolute atomic E-state index is 13.2. The van der Waals surface area contributed by atoms with Gasteiger partial charge in [-0.05, 0) is 14.0 Å². The largest absolute Gasteiger partial charge is 0.378 e. The predicted molar refractivity (Wildman–Crippen MR) is 106 cm³/mol. The van der Waals surface area contributed by atoms with Crippen LogP contribution in [0, 0.1) is 0 Å². The van der Waals surface area contributed by atoms with E-state index < -0.39 is 7.52 Å². The van der Waals surface area contributed by atoms with Gasteiger partial charge in [-0.1, -0.05) is 0 Å². The highest BCUT2D eigenvalue weighted by atomic mass is 31.2. The number of rotatable bonds is 4. The van der Waals surface area contributed by atoms with Crippen LogP contribution < -0.4 is 0 Å². The molecule has 0 N–H and O–H groups in total. The molecule has 3 atom stereocenters. The highest BCUT2D eigenvalue weighted by Gasteiger charge is 2.30. The van der Waals surface area contributed by atoms with E-state index >= 15 is 0 Å². The molecule has 166 valence electrons.